The Bertz CT molecular complexity index is 1180. The van der Waals surface area contributed by atoms with E-state index in [1.165, 1.54) is 6.92 Å². The first-order valence-corrected chi connectivity index (χ1v) is 11.3. The second-order valence-electron chi connectivity index (χ2n) is 8.16. The van der Waals surface area contributed by atoms with Crippen LogP contribution in [0.2, 0.25) is 0 Å². The zero-order chi connectivity index (χ0) is 24.1. The van der Waals surface area contributed by atoms with Crippen LogP contribution in [-0.4, -0.2) is 30.4 Å². The van der Waals surface area contributed by atoms with Crippen molar-refractivity contribution in [2.75, 3.05) is 24.3 Å². The van der Waals surface area contributed by atoms with Gasteiger partial charge in [-0.3, -0.25) is 9.59 Å². The highest BCUT2D eigenvalue weighted by Gasteiger charge is 2.32. The van der Waals surface area contributed by atoms with Crippen molar-refractivity contribution in [2.45, 2.75) is 33.0 Å². The number of carbonyl (C=O) groups excluding carboxylic acids is 2. The quantitative estimate of drug-likeness (QED) is 0.483. The summed E-state index contributed by atoms with van der Waals surface area (Å²) in [6, 6.07) is 20.7. The lowest BCUT2D eigenvalue weighted by atomic mass is 10.0. The van der Waals surface area contributed by atoms with Crippen LogP contribution in [0.15, 0.2) is 66.7 Å². The van der Waals surface area contributed by atoms with Crippen molar-refractivity contribution >= 4 is 23.2 Å². The first-order chi connectivity index (χ1) is 16.5. The molecule has 3 aromatic rings. The van der Waals surface area contributed by atoms with Gasteiger partial charge in [-0.15, -0.1) is 0 Å². The molecule has 1 atom stereocenters. The molecule has 0 aliphatic carbocycles. The van der Waals surface area contributed by atoms with Crippen LogP contribution in [-0.2, 0) is 11.4 Å². The molecule has 7 nitrogen and oxygen atoms in total. The van der Waals surface area contributed by atoms with Gasteiger partial charge in [-0.2, -0.15) is 0 Å². The third kappa shape index (κ3) is 4.98. The molecule has 0 saturated heterocycles. The SMILES string of the molecule is CCCN1C(=O)c2ccccc2NC1c1ccc(OC)c(COc2ccc(NC(C)=O)cc2)c1. The minimum Gasteiger partial charge on any atom is -0.496 e. The Morgan fingerprint density at radius 1 is 1.09 bits per heavy atom. The van der Waals surface area contributed by atoms with Gasteiger partial charge in [0, 0.05) is 30.4 Å². The van der Waals surface area contributed by atoms with Crippen LogP contribution in [0.25, 0.3) is 0 Å². The normalized spacial score (nSPS) is 14.7. The highest BCUT2D eigenvalue weighted by atomic mass is 16.5. The Morgan fingerprint density at radius 2 is 1.85 bits per heavy atom. The van der Waals surface area contributed by atoms with Gasteiger partial charge in [0.15, 0.2) is 0 Å². The first kappa shape index (κ1) is 23.2. The van der Waals surface area contributed by atoms with Gasteiger partial charge in [0.2, 0.25) is 5.91 Å². The number of methoxy groups -OCH3 is 1. The molecule has 3 aromatic carbocycles. The molecule has 176 valence electrons. The number of carbonyl (C=O) groups is 2. The zero-order valence-electron chi connectivity index (χ0n) is 19.6. The van der Waals surface area contributed by atoms with E-state index in [-0.39, 0.29) is 18.0 Å². The smallest absolute Gasteiger partial charge is 0.257 e. The van der Waals surface area contributed by atoms with Crippen LogP contribution in [0.1, 0.15) is 47.9 Å². The van der Waals surface area contributed by atoms with Crippen LogP contribution in [0, 0.1) is 0 Å². The average Bonchev–Trinajstić information content (AvgIpc) is 2.85. The summed E-state index contributed by atoms with van der Waals surface area (Å²) < 4.78 is 11.6. The first-order valence-electron chi connectivity index (χ1n) is 11.3. The van der Waals surface area contributed by atoms with E-state index < -0.39 is 0 Å². The molecule has 7 heteroatoms. The van der Waals surface area contributed by atoms with Gasteiger partial charge in [-0.25, -0.2) is 0 Å². The van der Waals surface area contributed by atoms with E-state index in [0.717, 1.165) is 23.2 Å². The number of amides is 2. The van der Waals surface area contributed by atoms with E-state index in [0.29, 0.717) is 35.9 Å². The molecule has 0 aromatic heterocycles. The Labute approximate surface area is 199 Å². The lowest BCUT2D eigenvalue weighted by Crippen LogP contribution is -2.43. The lowest BCUT2D eigenvalue weighted by Gasteiger charge is -2.38. The molecule has 1 unspecified atom stereocenters. The lowest BCUT2D eigenvalue weighted by molar-refractivity contribution is -0.114. The van der Waals surface area contributed by atoms with Crippen molar-refractivity contribution in [3.63, 3.8) is 0 Å². The minimum atomic E-state index is -0.288. The summed E-state index contributed by atoms with van der Waals surface area (Å²) in [6.45, 7) is 4.47. The summed E-state index contributed by atoms with van der Waals surface area (Å²) >= 11 is 0. The fourth-order valence-corrected chi connectivity index (χ4v) is 4.11. The predicted molar refractivity (Wildman–Crippen MR) is 132 cm³/mol. The maximum Gasteiger partial charge on any atom is 0.257 e. The summed E-state index contributed by atoms with van der Waals surface area (Å²) in [5.74, 6) is 1.29. The zero-order valence-corrected chi connectivity index (χ0v) is 19.6. The van der Waals surface area contributed by atoms with Crippen LogP contribution in [0.3, 0.4) is 0 Å². The van der Waals surface area contributed by atoms with Gasteiger partial charge < -0.3 is 25.0 Å². The highest BCUT2D eigenvalue weighted by molar-refractivity contribution is 6.01. The monoisotopic (exact) mass is 459 g/mol. The molecule has 2 amide bonds. The van der Waals surface area contributed by atoms with E-state index >= 15 is 0 Å². The number of para-hydroxylation sites is 1. The van der Waals surface area contributed by atoms with Crippen LogP contribution >= 0.6 is 0 Å². The largest absolute Gasteiger partial charge is 0.496 e. The van der Waals surface area contributed by atoms with E-state index in [1.807, 2.05) is 59.5 Å². The second kappa shape index (κ2) is 10.3. The second-order valence-corrected chi connectivity index (χ2v) is 8.16. The van der Waals surface area contributed by atoms with Gasteiger partial charge >= 0.3 is 0 Å². The number of anilines is 2. The van der Waals surface area contributed by atoms with Crippen molar-refractivity contribution in [3.05, 3.63) is 83.4 Å². The summed E-state index contributed by atoms with van der Waals surface area (Å²) in [4.78, 5) is 26.3. The maximum absolute atomic E-state index is 13.2. The van der Waals surface area contributed by atoms with Gasteiger partial charge in [0.25, 0.3) is 5.91 Å². The Hall–Kier alpha value is -4.00. The highest BCUT2D eigenvalue weighted by Crippen LogP contribution is 2.35. The van der Waals surface area contributed by atoms with E-state index in [2.05, 4.69) is 17.6 Å². The van der Waals surface area contributed by atoms with Crippen molar-refractivity contribution in [3.8, 4) is 11.5 Å². The fraction of sp³-hybridized carbons (Fsp3) is 0.259. The molecule has 0 saturated carbocycles. The molecule has 0 bridgehead atoms. The number of rotatable bonds is 8. The van der Waals surface area contributed by atoms with Crippen molar-refractivity contribution in [1.29, 1.82) is 0 Å². The summed E-state index contributed by atoms with van der Waals surface area (Å²) in [5.41, 5.74) is 4.06. The average molecular weight is 460 g/mol. The predicted octanol–water partition coefficient (Wildman–Crippen LogP) is 5.21. The molecule has 0 fully saturated rings. The molecular formula is C27H29N3O4. The minimum absolute atomic E-state index is 0.0223. The Balaban J connectivity index is 1.58. The molecule has 34 heavy (non-hydrogen) atoms. The number of hydrogen-bond acceptors (Lipinski definition) is 5. The third-order valence-electron chi connectivity index (χ3n) is 5.68. The molecule has 2 N–H and O–H groups in total. The standard InChI is InChI=1S/C27H29N3O4/c1-4-15-30-26(29-24-8-6-5-7-23(24)27(30)32)19-9-14-25(33-3)20(16-19)17-34-22-12-10-21(11-13-22)28-18(2)31/h5-14,16,26,29H,4,15,17H2,1-3H3,(H,28,31). The Kier molecular flexibility index (Phi) is 7.01. The molecule has 1 aliphatic rings. The number of benzene rings is 3. The summed E-state index contributed by atoms with van der Waals surface area (Å²) in [5, 5.41) is 6.27. The van der Waals surface area contributed by atoms with Gasteiger partial charge in [0.1, 0.15) is 24.3 Å². The van der Waals surface area contributed by atoms with E-state index in [1.54, 1.807) is 19.2 Å². The Morgan fingerprint density at radius 3 is 2.56 bits per heavy atom. The molecule has 0 spiro atoms. The van der Waals surface area contributed by atoms with Gasteiger partial charge in [0.05, 0.1) is 12.7 Å². The van der Waals surface area contributed by atoms with Crippen molar-refractivity contribution in [1.82, 2.24) is 4.90 Å². The summed E-state index contributed by atoms with van der Waals surface area (Å²) in [6.07, 6.45) is 0.566. The number of fused-ring (bicyclic) bond motifs is 1. The topological polar surface area (TPSA) is 79.9 Å². The van der Waals surface area contributed by atoms with Gasteiger partial charge in [-0.1, -0.05) is 25.1 Å². The van der Waals surface area contributed by atoms with Crippen molar-refractivity contribution in [2.24, 2.45) is 0 Å². The number of ether oxygens (including phenoxy) is 2. The maximum atomic E-state index is 13.2. The summed E-state index contributed by atoms with van der Waals surface area (Å²) in [7, 11) is 1.63. The van der Waals surface area contributed by atoms with E-state index in [9.17, 15) is 9.59 Å². The van der Waals surface area contributed by atoms with Crippen LogP contribution in [0.5, 0.6) is 11.5 Å². The number of hydrogen-bond donors (Lipinski definition) is 2. The van der Waals surface area contributed by atoms with Crippen LogP contribution < -0.4 is 20.1 Å². The molecular weight excluding hydrogens is 430 g/mol. The number of nitrogens with zero attached hydrogens (tertiary/aromatic N) is 1. The van der Waals surface area contributed by atoms with Crippen LogP contribution in [0.4, 0.5) is 11.4 Å². The molecule has 1 aliphatic heterocycles. The molecule has 4 rings (SSSR count). The van der Waals surface area contributed by atoms with Gasteiger partial charge in [-0.05, 0) is 60.5 Å². The van der Waals surface area contributed by atoms with E-state index in [4.69, 9.17) is 9.47 Å². The fourth-order valence-electron chi connectivity index (χ4n) is 4.11. The van der Waals surface area contributed by atoms with Crippen molar-refractivity contribution < 1.29 is 19.1 Å². The molecule has 1 heterocycles. The third-order valence-corrected chi connectivity index (χ3v) is 5.68. The molecule has 0 radical (unpaired) electrons. The number of nitrogens with one attached hydrogen (secondary N) is 2.